The summed E-state index contributed by atoms with van der Waals surface area (Å²) in [6.45, 7) is 9.17. The van der Waals surface area contributed by atoms with Gasteiger partial charge in [0.15, 0.2) is 0 Å². The number of aryl methyl sites for hydroxylation is 2. The second kappa shape index (κ2) is 11.8. The summed E-state index contributed by atoms with van der Waals surface area (Å²) in [7, 11) is 0. The Kier molecular flexibility index (Phi) is 7.00. The fourth-order valence-electron chi connectivity index (χ4n) is 8.79. The fourth-order valence-corrected chi connectivity index (χ4v) is 8.79. The molecule has 10 rings (SSSR count). The first-order valence-corrected chi connectivity index (χ1v) is 18.6. The molecule has 0 radical (unpaired) electrons. The van der Waals surface area contributed by atoms with E-state index in [1.807, 2.05) is 0 Å². The zero-order valence-electron chi connectivity index (χ0n) is 30.6. The van der Waals surface area contributed by atoms with Gasteiger partial charge in [-0.15, -0.1) is 0 Å². The molecule has 254 valence electrons. The zero-order valence-corrected chi connectivity index (χ0v) is 30.6. The van der Waals surface area contributed by atoms with Gasteiger partial charge in [-0.05, 0) is 130 Å². The second-order valence-corrected chi connectivity index (χ2v) is 15.1. The first-order chi connectivity index (χ1) is 25.9. The molecular formula is C51H40N2. The minimum atomic E-state index is -0.199. The monoisotopic (exact) mass is 680 g/mol. The first kappa shape index (κ1) is 31.4. The van der Waals surface area contributed by atoms with E-state index in [1.165, 1.54) is 82.8 Å². The van der Waals surface area contributed by atoms with Crippen molar-refractivity contribution in [1.82, 2.24) is 4.57 Å². The van der Waals surface area contributed by atoms with Crippen LogP contribution in [0, 0.1) is 13.8 Å². The first-order valence-electron chi connectivity index (χ1n) is 18.6. The van der Waals surface area contributed by atoms with Gasteiger partial charge in [-0.1, -0.05) is 123 Å². The number of benzene rings is 8. The number of anilines is 3. The van der Waals surface area contributed by atoms with E-state index in [1.54, 1.807) is 0 Å². The quantitative estimate of drug-likeness (QED) is 0.176. The lowest BCUT2D eigenvalue weighted by atomic mass is 9.82. The largest absolute Gasteiger partial charge is 0.310 e. The molecule has 0 spiro atoms. The van der Waals surface area contributed by atoms with Gasteiger partial charge in [-0.2, -0.15) is 0 Å². The molecule has 1 aromatic heterocycles. The minimum Gasteiger partial charge on any atom is -0.310 e. The number of rotatable bonds is 5. The van der Waals surface area contributed by atoms with Crippen molar-refractivity contribution in [2.45, 2.75) is 33.1 Å². The average molecular weight is 681 g/mol. The number of aromatic nitrogens is 1. The van der Waals surface area contributed by atoms with E-state index in [-0.39, 0.29) is 5.41 Å². The van der Waals surface area contributed by atoms with Crippen molar-refractivity contribution in [2.24, 2.45) is 0 Å². The molecule has 0 fully saturated rings. The Bertz CT molecular complexity index is 2850. The van der Waals surface area contributed by atoms with Gasteiger partial charge < -0.3 is 9.47 Å². The van der Waals surface area contributed by atoms with E-state index in [9.17, 15) is 0 Å². The van der Waals surface area contributed by atoms with Gasteiger partial charge in [-0.3, -0.25) is 0 Å². The molecule has 0 unspecified atom stereocenters. The zero-order chi connectivity index (χ0) is 35.8. The van der Waals surface area contributed by atoms with Crippen LogP contribution in [0.5, 0.6) is 0 Å². The van der Waals surface area contributed by atoms with Crippen molar-refractivity contribution in [1.29, 1.82) is 0 Å². The lowest BCUT2D eigenvalue weighted by molar-refractivity contribution is 0.660. The molecule has 0 amide bonds. The highest BCUT2D eigenvalue weighted by molar-refractivity contribution is 6.09. The van der Waals surface area contributed by atoms with Gasteiger partial charge in [-0.25, -0.2) is 0 Å². The Balaban J connectivity index is 1.11. The third-order valence-electron chi connectivity index (χ3n) is 11.7. The smallest absolute Gasteiger partial charge is 0.0541 e. The summed E-state index contributed by atoms with van der Waals surface area (Å²) < 4.78 is 2.43. The van der Waals surface area contributed by atoms with Crippen LogP contribution in [-0.4, -0.2) is 4.57 Å². The number of nitrogens with zero attached hydrogens (tertiary/aromatic N) is 2. The van der Waals surface area contributed by atoms with E-state index < -0.39 is 0 Å². The van der Waals surface area contributed by atoms with Crippen LogP contribution in [0.4, 0.5) is 17.1 Å². The number of para-hydroxylation sites is 2. The van der Waals surface area contributed by atoms with Crippen LogP contribution in [0.2, 0.25) is 0 Å². The summed E-state index contributed by atoms with van der Waals surface area (Å²) in [6.07, 6.45) is 0. The maximum absolute atomic E-state index is 2.44. The Hall–Kier alpha value is -6.38. The third-order valence-corrected chi connectivity index (χ3v) is 11.7. The third kappa shape index (κ3) is 4.86. The Morgan fingerprint density at radius 1 is 0.434 bits per heavy atom. The molecule has 1 aliphatic carbocycles. The normalized spacial score (nSPS) is 13.1. The molecule has 53 heavy (non-hydrogen) atoms. The molecule has 0 saturated heterocycles. The lowest BCUT2D eigenvalue weighted by Crippen LogP contribution is -2.17. The van der Waals surface area contributed by atoms with Gasteiger partial charge in [0, 0.05) is 38.9 Å². The maximum Gasteiger partial charge on any atom is 0.0541 e. The van der Waals surface area contributed by atoms with Crippen molar-refractivity contribution in [2.75, 3.05) is 4.90 Å². The van der Waals surface area contributed by atoms with Gasteiger partial charge >= 0.3 is 0 Å². The van der Waals surface area contributed by atoms with Crippen LogP contribution < -0.4 is 4.90 Å². The molecule has 9 aromatic rings. The highest BCUT2D eigenvalue weighted by atomic mass is 15.1. The molecule has 0 bridgehead atoms. The molecule has 2 heteroatoms. The number of fused-ring (bicyclic) bond motifs is 7. The van der Waals surface area contributed by atoms with Gasteiger partial charge in [0.2, 0.25) is 0 Å². The molecule has 0 atom stereocenters. The highest BCUT2D eigenvalue weighted by Crippen LogP contribution is 2.52. The van der Waals surface area contributed by atoms with E-state index in [2.05, 4.69) is 207 Å². The SMILES string of the molecule is Cc1ccc(N(c2cccc(-c3cccc4ccccc34)c2)c2ccc3c(c2)C(C)(C)c2cc(-n4c5ccccc5c5ccccc54)ccc2-3)cc1C. The predicted octanol–water partition coefficient (Wildman–Crippen LogP) is 14.0. The number of hydrogen-bond donors (Lipinski definition) is 0. The summed E-state index contributed by atoms with van der Waals surface area (Å²) in [5.41, 5.74) is 17.3. The minimum absolute atomic E-state index is 0.199. The molecule has 0 N–H and O–H groups in total. The van der Waals surface area contributed by atoms with Crippen LogP contribution in [0.15, 0.2) is 170 Å². The fraction of sp³-hybridized carbons (Fsp3) is 0.0980. The van der Waals surface area contributed by atoms with Crippen molar-refractivity contribution < 1.29 is 0 Å². The Labute approximate surface area is 311 Å². The lowest BCUT2D eigenvalue weighted by Gasteiger charge is -2.29. The van der Waals surface area contributed by atoms with Crippen LogP contribution >= 0.6 is 0 Å². The molecule has 8 aromatic carbocycles. The highest BCUT2D eigenvalue weighted by Gasteiger charge is 2.36. The van der Waals surface area contributed by atoms with Gasteiger partial charge in [0.05, 0.1) is 11.0 Å². The van der Waals surface area contributed by atoms with Crippen molar-refractivity contribution in [3.05, 3.63) is 192 Å². The summed E-state index contributed by atoms with van der Waals surface area (Å²) >= 11 is 0. The summed E-state index contributed by atoms with van der Waals surface area (Å²) in [5.74, 6) is 0. The summed E-state index contributed by atoms with van der Waals surface area (Å²) in [4.78, 5) is 2.43. The second-order valence-electron chi connectivity index (χ2n) is 15.1. The molecule has 2 nitrogen and oxygen atoms in total. The molecule has 1 aliphatic rings. The van der Waals surface area contributed by atoms with Crippen LogP contribution in [0.1, 0.15) is 36.1 Å². The van der Waals surface area contributed by atoms with Crippen molar-refractivity contribution in [3.63, 3.8) is 0 Å². The Morgan fingerprint density at radius 2 is 1.02 bits per heavy atom. The predicted molar refractivity (Wildman–Crippen MR) is 225 cm³/mol. The van der Waals surface area contributed by atoms with Crippen molar-refractivity contribution in [3.8, 4) is 27.9 Å². The van der Waals surface area contributed by atoms with E-state index in [4.69, 9.17) is 0 Å². The topological polar surface area (TPSA) is 8.17 Å². The maximum atomic E-state index is 2.44. The average Bonchev–Trinajstić information content (AvgIpc) is 3.64. The van der Waals surface area contributed by atoms with Gasteiger partial charge in [0.1, 0.15) is 0 Å². The van der Waals surface area contributed by atoms with Crippen LogP contribution in [-0.2, 0) is 5.41 Å². The Morgan fingerprint density at radius 3 is 1.77 bits per heavy atom. The molecule has 1 heterocycles. The molecular weight excluding hydrogens is 641 g/mol. The summed E-state index contributed by atoms with van der Waals surface area (Å²) in [5, 5.41) is 5.09. The van der Waals surface area contributed by atoms with E-state index in [0.29, 0.717) is 0 Å². The van der Waals surface area contributed by atoms with Crippen LogP contribution in [0.3, 0.4) is 0 Å². The summed E-state index contributed by atoms with van der Waals surface area (Å²) in [6, 6.07) is 62.8. The molecule has 0 saturated carbocycles. The van der Waals surface area contributed by atoms with Crippen molar-refractivity contribution >= 4 is 49.6 Å². The standard InChI is InChI=1S/C51H40N2/c1-33-23-24-38(29-34(33)2)52(37-16-11-15-36(30-37)42-20-12-14-35-13-5-6-17-41(35)42)39-25-27-43-44-28-26-40(32-48(44)51(3,4)47(43)31-39)53-49-21-9-7-18-45(49)46-19-8-10-22-50(46)53/h5-32H,1-4H3. The van der Waals surface area contributed by atoms with Crippen LogP contribution in [0.25, 0.3) is 60.5 Å². The van der Waals surface area contributed by atoms with E-state index in [0.717, 1.165) is 17.1 Å². The number of hydrogen-bond acceptors (Lipinski definition) is 1. The molecule has 0 aliphatic heterocycles. The van der Waals surface area contributed by atoms with E-state index >= 15 is 0 Å². The van der Waals surface area contributed by atoms with Gasteiger partial charge in [0.25, 0.3) is 0 Å².